The fourth-order valence-corrected chi connectivity index (χ4v) is 1.81. The maximum Gasteiger partial charge on any atom is 0.181 e. The summed E-state index contributed by atoms with van der Waals surface area (Å²) in [6.45, 7) is 6.59. The topological polar surface area (TPSA) is 26.0 Å². The summed E-state index contributed by atoms with van der Waals surface area (Å²) in [4.78, 5) is 4.17. The Bertz CT molecular complexity index is 443. The molecule has 0 N–H and O–H groups in total. The predicted molar refractivity (Wildman–Crippen MR) is 57.5 cm³/mol. The van der Waals surface area contributed by atoms with E-state index < -0.39 is 0 Å². The highest BCUT2D eigenvalue weighted by molar-refractivity contribution is 5.74. The first-order valence-electron chi connectivity index (χ1n) is 5.08. The van der Waals surface area contributed by atoms with Crippen molar-refractivity contribution in [1.29, 1.82) is 0 Å². The second-order valence-electron chi connectivity index (χ2n) is 3.88. The molecule has 2 nitrogen and oxygen atoms in total. The van der Waals surface area contributed by atoms with E-state index in [4.69, 9.17) is 4.42 Å². The van der Waals surface area contributed by atoms with E-state index in [2.05, 4.69) is 37.9 Å². The molecule has 0 unspecified atom stereocenters. The molecule has 0 saturated heterocycles. The van der Waals surface area contributed by atoms with E-state index in [9.17, 15) is 0 Å². The molecule has 2 rings (SSSR count). The predicted octanol–water partition coefficient (Wildman–Crippen LogP) is 3.51. The van der Waals surface area contributed by atoms with Crippen LogP contribution < -0.4 is 0 Å². The van der Waals surface area contributed by atoms with Gasteiger partial charge >= 0.3 is 0 Å². The molecule has 74 valence electrons. The molecular weight excluding hydrogens is 174 g/mol. The average molecular weight is 189 g/mol. The highest BCUT2D eigenvalue weighted by Crippen LogP contribution is 2.25. The molecule has 0 amide bonds. The summed E-state index contributed by atoms with van der Waals surface area (Å²) in [7, 11) is 0. The van der Waals surface area contributed by atoms with Gasteiger partial charge < -0.3 is 4.42 Å². The van der Waals surface area contributed by atoms with Gasteiger partial charge in [0.05, 0.1) is 0 Å². The molecule has 14 heavy (non-hydrogen) atoms. The van der Waals surface area contributed by atoms with Gasteiger partial charge in [-0.2, -0.15) is 0 Å². The minimum Gasteiger partial charge on any atom is -0.443 e. The molecule has 1 heterocycles. The van der Waals surface area contributed by atoms with Crippen LogP contribution in [0.1, 0.15) is 37.8 Å². The number of benzene rings is 1. The quantitative estimate of drug-likeness (QED) is 0.722. The number of nitrogens with zero attached hydrogens (tertiary/aromatic N) is 1. The van der Waals surface area contributed by atoms with Crippen molar-refractivity contribution in [3.63, 3.8) is 0 Å². The average Bonchev–Trinajstić information content (AvgIpc) is 2.62. The lowest BCUT2D eigenvalue weighted by atomic mass is 9.95. The molecular formula is C12H15NO. The maximum atomic E-state index is 5.28. The first-order chi connectivity index (χ1) is 6.72. The number of aryl methyl sites for hydroxylation is 1. The van der Waals surface area contributed by atoms with E-state index in [0.29, 0.717) is 5.92 Å². The smallest absolute Gasteiger partial charge is 0.181 e. The van der Waals surface area contributed by atoms with Crippen LogP contribution in [0, 0.1) is 0 Å². The van der Waals surface area contributed by atoms with Crippen molar-refractivity contribution in [3.05, 3.63) is 29.7 Å². The highest BCUT2D eigenvalue weighted by Gasteiger charge is 2.09. The van der Waals surface area contributed by atoms with Crippen molar-refractivity contribution >= 4 is 11.1 Å². The summed E-state index contributed by atoms with van der Waals surface area (Å²) in [6.07, 6.45) is 2.55. The number of fused-ring (bicyclic) bond motifs is 1. The molecule has 0 atom stereocenters. The van der Waals surface area contributed by atoms with E-state index in [1.807, 2.05) is 0 Å². The van der Waals surface area contributed by atoms with Crippen LogP contribution in [0.5, 0.6) is 0 Å². The van der Waals surface area contributed by atoms with Gasteiger partial charge in [-0.25, -0.2) is 4.98 Å². The van der Waals surface area contributed by atoms with Gasteiger partial charge in [0.25, 0.3) is 0 Å². The molecule has 1 aromatic carbocycles. The van der Waals surface area contributed by atoms with Crippen LogP contribution in [0.3, 0.4) is 0 Å². The monoisotopic (exact) mass is 189 g/mol. The molecule has 0 spiro atoms. The summed E-state index contributed by atoms with van der Waals surface area (Å²) < 4.78 is 5.28. The number of rotatable bonds is 2. The zero-order chi connectivity index (χ0) is 10.1. The number of aromatic nitrogens is 1. The van der Waals surface area contributed by atoms with Gasteiger partial charge in [0, 0.05) is 0 Å². The Kier molecular flexibility index (Phi) is 2.28. The van der Waals surface area contributed by atoms with Crippen LogP contribution in [0.15, 0.2) is 22.9 Å². The molecule has 0 fully saturated rings. The summed E-state index contributed by atoms with van der Waals surface area (Å²) in [6, 6.07) is 4.25. The van der Waals surface area contributed by atoms with E-state index in [1.165, 1.54) is 17.5 Å². The zero-order valence-corrected chi connectivity index (χ0v) is 8.87. The van der Waals surface area contributed by atoms with Crippen LogP contribution in [0.4, 0.5) is 0 Å². The van der Waals surface area contributed by atoms with Crippen LogP contribution in [0.25, 0.3) is 11.1 Å². The molecule has 0 aliphatic rings. The molecule has 2 aromatic rings. The van der Waals surface area contributed by atoms with Crippen LogP contribution in [-0.2, 0) is 6.42 Å². The molecule has 0 radical (unpaired) electrons. The minimum atomic E-state index is 0.547. The third kappa shape index (κ3) is 1.41. The first-order valence-corrected chi connectivity index (χ1v) is 5.08. The largest absolute Gasteiger partial charge is 0.443 e. The van der Waals surface area contributed by atoms with Crippen molar-refractivity contribution in [1.82, 2.24) is 4.98 Å². The van der Waals surface area contributed by atoms with Gasteiger partial charge in [-0.1, -0.05) is 20.8 Å². The van der Waals surface area contributed by atoms with Crippen LogP contribution in [-0.4, -0.2) is 4.98 Å². The summed E-state index contributed by atoms with van der Waals surface area (Å²) in [5.41, 5.74) is 4.61. The van der Waals surface area contributed by atoms with Gasteiger partial charge in [0.1, 0.15) is 5.52 Å². The Labute approximate surface area is 84.0 Å². The maximum absolute atomic E-state index is 5.28. The van der Waals surface area contributed by atoms with Gasteiger partial charge in [-0.3, -0.25) is 0 Å². The van der Waals surface area contributed by atoms with E-state index in [1.54, 1.807) is 0 Å². The van der Waals surface area contributed by atoms with Gasteiger partial charge in [-0.15, -0.1) is 0 Å². The Morgan fingerprint density at radius 2 is 2.14 bits per heavy atom. The van der Waals surface area contributed by atoms with Crippen molar-refractivity contribution in [2.24, 2.45) is 0 Å². The standard InChI is InChI=1S/C12H15NO/c1-4-9-5-12-11(13-7-14-12)6-10(9)8(2)3/h5-8H,4H2,1-3H3. The summed E-state index contributed by atoms with van der Waals surface area (Å²) in [5, 5.41) is 0. The Morgan fingerprint density at radius 3 is 2.79 bits per heavy atom. The van der Waals surface area contributed by atoms with Crippen molar-refractivity contribution < 1.29 is 4.42 Å². The SMILES string of the molecule is CCc1cc2ocnc2cc1C(C)C. The second-order valence-corrected chi connectivity index (χ2v) is 3.88. The molecule has 0 saturated carbocycles. The third-order valence-corrected chi connectivity index (χ3v) is 2.60. The fourth-order valence-electron chi connectivity index (χ4n) is 1.81. The normalized spacial score (nSPS) is 11.4. The fraction of sp³-hybridized carbons (Fsp3) is 0.417. The van der Waals surface area contributed by atoms with Crippen LogP contribution in [0.2, 0.25) is 0 Å². The van der Waals surface area contributed by atoms with Gasteiger partial charge in [0.2, 0.25) is 0 Å². The lowest BCUT2D eigenvalue weighted by Gasteiger charge is -2.10. The first kappa shape index (κ1) is 9.25. The summed E-state index contributed by atoms with van der Waals surface area (Å²) in [5.74, 6) is 0.547. The lowest BCUT2D eigenvalue weighted by molar-refractivity contribution is 0.601. The number of oxazole rings is 1. The minimum absolute atomic E-state index is 0.547. The van der Waals surface area contributed by atoms with Gasteiger partial charge in [-0.05, 0) is 35.6 Å². The van der Waals surface area contributed by atoms with E-state index >= 15 is 0 Å². The Morgan fingerprint density at radius 1 is 1.36 bits per heavy atom. The van der Waals surface area contributed by atoms with Crippen molar-refractivity contribution in [2.75, 3.05) is 0 Å². The Balaban J connectivity index is 2.66. The lowest BCUT2D eigenvalue weighted by Crippen LogP contribution is -1.94. The number of hydrogen-bond acceptors (Lipinski definition) is 2. The molecule has 2 heteroatoms. The third-order valence-electron chi connectivity index (χ3n) is 2.60. The van der Waals surface area contributed by atoms with E-state index in [-0.39, 0.29) is 0 Å². The van der Waals surface area contributed by atoms with Gasteiger partial charge in [0.15, 0.2) is 12.0 Å². The molecule has 0 aliphatic heterocycles. The number of hydrogen-bond donors (Lipinski definition) is 0. The zero-order valence-electron chi connectivity index (χ0n) is 8.87. The van der Waals surface area contributed by atoms with Crippen molar-refractivity contribution in [3.8, 4) is 0 Å². The second kappa shape index (κ2) is 3.45. The molecule has 0 aliphatic carbocycles. The van der Waals surface area contributed by atoms with E-state index in [0.717, 1.165) is 17.5 Å². The highest BCUT2D eigenvalue weighted by atomic mass is 16.3. The molecule has 0 bridgehead atoms. The van der Waals surface area contributed by atoms with Crippen molar-refractivity contribution in [2.45, 2.75) is 33.1 Å². The Hall–Kier alpha value is -1.31. The summed E-state index contributed by atoms with van der Waals surface area (Å²) >= 11 is 0. The molecule has 1 aromatic heterocycles. The van der Waals surface area contributed by atoms with Crippen LogP contribution >= 0.6 is 0 Å².